The maximum atomic E-state index is 5.42. The van der Waals surface area contributed by atoms with Crippen molar-refractivity contribution in [1.82, 2.24) is 4.90 Å². The second kappa shape index (κ2) is 4.67. The summed E-state index contributed by atoms with van der Waals surface area (Å²) in [4.78, 5) is 2.53. The van der Waals surface area contributed by atoms with Crippen molar-refractivity contribution in [2.75, 3.05) is 20.2 Å². The molecule has 2 heteroatoms. The van der Waals surface area contributed by atoms with Gasteiger partial charge in [0.1, 0.15) is 5.75 Å². The second-order valence-electron chi connectivity index (χ2n) is 4.03. The molecule has 2 nitrogen and oxygen atoms in total. The number of para-hydroxylation sites is 1. The van der Waals surface area contributed by atoms with Crippen LogP contribution < -0.4 is 4.74 Å². The third kappa shape index (κ3) is 2.00. The highest BCUT2D eigenvalue weighted by molar-refractivity contribution is 5.36. The van der Waals surface area contributed by atoms with E-state index in [-0.39, 0.29) is 0 Å². The molecule has 2 rings (SSSR count). The quantitative estimate of drug-likeness (QED) is 0.752. The van der Waals surface area contributed by atoms with E-state index < -0.39 is 0 Å². The summed E-state index contributed by atoms with van der Waals surface area (Å²) in [6, 6.07) is 8.95. The SMILES string of the molecule is CCN1CCC[C@H]1c1ccccc1OC. The number of methoxy groups -OCH3 is 1. The smallest absolute Gasteiger partial charge is 0.123 e. The van der Waals surface area contributed by atoms with Crippen LogP contribution in [0.15, 0.2) is 24.3 Å². The number of ether oxygens (including phenoxy) is 1. The molecule has 1 aromatic carbocycles. The zero-order valence-corrected chi connectivity index (χ0v) is 9.57. The number of rotatable bonds is 3. The summed E-state index contributed by atoms with van der Waals surface area (Å²) in [5, 5.41) is 0. The molecule has 0 saturated carbocycles. The van der Waals surface area contributed by atoms with E-state index in [9.17, 15) is 0 Å². The Morgan fingerprint density at radius 2 is 2.20 bits per heavy atom. The lowest BCUT2D eigenvalue weighted by atomic mass is 10.0. The Bertz CT molecular complexity index is 324. The normalized spacial score (nSPS) is 21.9. The van der Waals surface area contributed by atoms with E-state index in [4.69, 9.17) is 4.74 Å². The first-order chi connectivity index (χ1) is 7.36. The molecule has 0 bridgehead atoms. The summed E-state index contributed by atoms with van der Waals surface area (Å²) in [5.74, 6) is 1.03. The largest absolute Gasteiger partial charge is 0.496 e. The molecule has 1 aromatic rings. The Hall–Kier alpha value is -1.02. The van der Waals surface area contributed by atoms with Crippen molar-refractivity contribution >= 4 is 0 Å². The third-order valence-corrected chi connectivity index (χ3v) is 3.27. The minimum absolute atomic E-state index is 0.561. The maximum absolute atomic E-state index is 5.42. The molecule has 0 aliphatic carbocycles. The Labute approximate surface area is 91.9 Å². The molecule has 0 amide bonds. The van der Waals surface area contributed by atoms with Gasteiger partial charge < -0.3 is 4.74 Å². The summed E-state index contributed by atoms with van der Waals surface area (Å²) in [7, 11) is 1.75. The van der Waals surface area contributed by atoms with Crippen molar-refractivity contribution in [3.05, 3.63) is 29.8 Å². The number of nitrogens with zero attached hydrogens (tertiary/aromatic N) is 1. The predicted molar refractivity (Wildman–Crippen MR) is 62.2 cm³/mol. The van der Waals surface area contributed by atoms with E-state index >= 15 is 0 Å². The van der Waals surface area contributed by atoms with Gasteiger partial charge in [-0.25, -0.2) is 0 Å². The molecule has 1 saturated heterocycles. The van der Waals surface area contributed by atoms with Crippen molar-refractivity contribution in [3.63, 3.8) is 0 Å². The molecule has 1 atom stereocenters. The van der Waals surface area contributed by atoms with E-state index in [2.05, 4.69) is 30.0 Å². The first kappa shape index (κ1) is 10.5. The molecule has 0 aromatic heterocycles. The molecule has 82 valence electrons. The van der Waals surface area contributed by atoms with E-state index in [1.54, 1.807) is 7.11 Å². The molecule has 1 aliphatic heterocycles. The molecule has 0 spiro atoms. The van der Waals surface area contributed by atoms with Crippen LogP contribution in [0.2, 0.25) is 0 Å². The van der Waals surface area contributed by atoms with Crippen LogP contribution in [0.1, 0.15) is 31.4 Å². The molecule has 1 aliphatic rings. The summed E-state index contributed by atoms with van der Waals surface area (Å²) >= 11 is 0. The predicted octanol–water partition coefficient (Wildman–Crippen LogP) is 2.85. The molecule has 1 fully saturated rings. The first-order valence-corrected chi connectivity index (χ1v) is 5.73. The fourth-order valence-electron chi connectivity index (χ4n) is 2.50. The van der Waals surface area contributed by atoms with Gasteiger partial charge in [-0.05, 0) is 32.0 Å². The number of benzene rings is 1. The zero-order chi connectivity index (χ0) is 10.7. The topological polar surface area (TPSA) is 12.5 Å². The average Bonchev–Trinajstić information content (AvgIpc) is 2.76. The van der Waals surface area contributed by atoms with Gasteiger partial charge in [-0.2, -0.15) is 0 Å². The molecule has 0 N–H and O–H groups in total. The van der Waals surface area contributed by atoms with Crippen LogP contribution >= 0.6 is 0 Å². The summed E-state index contributed by atoms with van der Waals surface area (Å²) in [6.45, 7) is 4.58. The lowest BCUT2D eigenvalue weighted by molar-refractivity contribution is 0.264. The van der Waals surface area contributed by atoms with Gasteiger partial charge in [0.2, 0.25) is 0 Å². The van der Waals surface area contributed by atoms with Gasteiger partial charge in [-0.3, -0.25) is 4.90 Å². The van der Waals surface area contributed by atoms with Crippen molar-refractivity contribution in [2.45, 2.75) is 25.8 Å². The van der Waals surface area contributed by atoms with Crippen LogP contribution in [0.3, 0.4) is 0 Å². The van der Waals surface area contributed by atoms with E-state index in [0.717, 1.165) is 12.3 Å². The minimum Gasteiger partial charge on any atom is -0.496 e. The fraction of sp³-hybridized carbons (Fsp3) is 0.538. The lowest BCUT2D eigenvalue weighted by Crippen LogP contribution is -2.22. The van der Waals surface area contributed by atoms with E-state index in [1.165, 1.54) is 24.9 Å². The number of likely N-dealkylation sites (tertiary alicyclic amines) is 1. The highest BCUT2D eigenvalue weighted by Gasteiger charge is 2.26. The van der Waals surface area contributed by atoms with Crippen LogP contribution in [0, 0.1) is 0 Å². The third-order valence-electron chi connectivity index (χ3n) is 3.27. The molecular weight excluding hydrogens is 186 g/mol. The maximum Gasteiger partial charge on any atom is 0.123 e. The monoisotopic (exact) mass is 205 g/mol. The zero-order valence-electron chi connectivity index (χ0n) is 9.57. The lowest BCUT2D eigenvalue weighted by Gasteiger charge is -2.24. The van der Waals surface area contributed by atoms with Gasteiger partial charge >= 0.3 is 0 Å². The van der Waals surface area contributed by atoms with Gasteiger partial charge in [-0.1, -0.05) is 25.1 Å². The fourth-order valence-corrected chi connectivity index (χ4v) is 2.50. The van der Waals surface area contributed by atoms with Crippen LogP contribution in [0.4, 0.5) is 0 Å². The minimum atomic E-state index is 0.561. The van der Waals surface area contributed by atoms with Crippen molar-refractivity contribution in [1.29, 1.82) is 0 Å². The van der Waals surface area contributed by atoms with Gasteiger partial charge in [0.05, 0.1) is 7.11 Å². The molecule has 15 heavy (non-hydrogen) atoms. The molecular formula is C13H19NO. The number of hydrogen-bond donors (Lipinski definition) is 0. The molecule has 1 heterocycles. The average molecular weight is 205 g/mol. The van der Waals surface area contributed by atoms with Crippen molar-refractivity contribution in [2.24, 2.45) is 0 Å². The van der Waals surface area contributed by atoms with E-state index in [1.807, 2.05) is 6.07 Å². The summed E-state index contributed by atoms with van der Waals surface area (Å²) in [5.41, 5.74) is 1.35. The van der Waals surface area contributed by atoms with Crippen LogP contribution in [0.5, 0.6) is 5.75 Å². The van der Waals surface area contributed by atoms with E-state index in [0.29, 0.717) is 6.04 Å². The Balaban J connectivity index is 2.27. The Morgan fingerprint density at radius 1 is 1.40 bits per heavy atom. The highest BCUT2D eigenvalue weighted by Crippen LogP contribution is 2.36. The van der Waals surface area contributed by atoms with Crippen LogP contribution in [-0.2, 0) is 0 Å². The standard InChI is InChI=1S/C13H19NO/c1-3-14-10-6-8-12(14)11-7-4-5-9-13(11)15-2/h4-5,7,9,12H,3,6,8,10H2,1-2H3/t12-/m0/s1. The first-order valence-electron chi connectivity index (χ1n) is 5.73. The summed E-state index contributed by atoms with van der Waals surface area (Å²) in [6.07, 6.45) is 2.56. The Kier molecular flexibility index (Phi) is 3.27. The van der Waals surface area contributed by atoms with Gasteiger partial charge in [-0.15, -0.1) is 0 Å². The van der Waals surface area contributed by atoms with Crippen LogP contribution in [-0.4, -0.2) is 25.1 Å². The van der Waals surface area contributed by atoms with Gasteiger partial charge in [0, 0.05) is 11.6 Å². The second-order valence-corrected chi connectivity index (χ2v) is 4.03. The molecule has 0 radical (unpaired) electrons. The Morgan fingerprint density at radius 3 is 2.93 bits per heavy atom. The number of hydrogen-bond acceptors (Lipinski definition) is 2. The molecule has 0 unspecified atom stereocenters. The summed E-state index contributed by atoms with van der Waals surface area (Å²) < 4.78 is 5.42. The van der Waals surface area contributed by atoms with Crippen molar-refractivity contribution < 1.29 is 4.74 Å². The van der Waals surface area contributed by atoms with Gasteiger partial charge in [0.25, 0.3) is 0 Å². The van der Waals surface area contributed by atoms with Gasteiger partial charge in [0.15, 0.2) is 0 Å². The van der Waals surface area contributed by atoms with Crippen molar-refractivity contribution in [3.8, 4) is 5.75 Å². The van der Waals surface area contributed by atoms with Crippen LogP contribution in [0.25, 0.3) is 0 Å². The highest BCUT2D eigenvalue weighted by atomic mass is 16.5.